The largest absolute Gasteiger partial charge is 0.497 e. The molecule has 0 bridgehead atoms. The number of imidazole rings is 1. The highest BCUT2D eigenvalue weighted by Crippen LogP contribution is 2.38. The Hall–Kier alpha value is -1.22. The summed E-state index contributed by atoms with van der Waals surface area (Å²) >= 11 is 6.32. The van der Waals surface area contributed by atoms with Crippen LogP contribution in [-0.2, 0) is 6.54 Å². The van der Waals surface area contributed by atoms with Crippen LogP contribution in [0, 0.1) is 11.8 Å². The molecule has 2 atom stereocenters. The molecule has 0 radical (unpaired) electrons. The van der Waals surface area contributed by atoms with Crippen molar-refractivity contribution in [2.45, 2.75) is 38.6 Å². The van der Waals surface area contributed by atoms with E-state index in [0.29, 0.717) is 5.92 Å². The van der Waals surface area contributed by atoms with E-state index in [1.165, 1.54) is 12.8 Å². The van der Waals surface area contributed by atoms with Crippen molar-refractivity contribution in [3.63, 3.8) is 0 Å². The Bertz CT molecular complexity index is 616. The number of methoxy groups -OCH3 is 1. The first-order valence-electron chi connectivity index (χ1n) is 7.28. The molecule has 20 heavy (non-hydrogen) atoms. The Kier molecular flexibility index (Phi) is 3.63. The summed E-state index contributed by atoms with van der Waals surface area (Å²) in [6, 6.07) is 6.02. The van der Waals surface area contributed by atoms with Gasteiger partial charge in [0.2, 0.25) is 0 Å². The second-order valence-corrected chi connectivity index (χ2v) is 6.52. The minimum Gasteiger partial charge on any atom is -0.497 e. The predicted octanol–water partition coefficient (Wildman–Crippen LogP) is 4.39. The van der Waals surface area contributed by atoms with E-state index in [-0.39, 0.29) is 5.38 Å². The van der Waals surface area contributed by atoms with Gasteiger partial charge in [-0.2, -0.15) is 0 Å². The van der Waals surface area contributed by atoms with E-state index in [1.807, 2.05) is 19.1 Å². The maximum atomic E-state index is 6.32. The first-order chi connectivity index (χ1) is 9.60. The number of fused-ring (bicyclic) bond motifs is 1. The molecule has 0 aliphatic heterocycles. The van der Waals surface area contributed by atoms with Gasteiger partial charge in [0.1, 0.15) is 11.6 Å². The minimum absolute atomic E-state index is 0.0835. The number of rotatable bonds is 5. The summed E-state index contributed by atoms with van der Waals surface area (Å²) < 4.78 is 7.61. The van der Waals surface area contributed by atoms with Crippen molar-refractivity contribution in [2.24, 2.45) is 11.8 Å². The summed E-state index contributed by atoms with van der Waals surface area (Å²) in [6.45, 7) is 5.30. The molecule has 1 heterocycles. The van der Waals surface area contributed by atoms with Gasteiger partial charge in [0.15, 0.2) is 0 Å². The Labute approximate surface area is 124 Å². The second kappa shape index (κ2) is 5.28. The van der Waals surface area contributed by atoms with Gasteiger partial charge in [-0.1, -0.05) is 6.92 Å². The van der Waals surface area contributed by atoms with Crippen LogP contribution in [0.2, 0.25) is 0 Å². The van der Waals surface area contributed by atoms with E-state index in [9.17, 15) is 0 Å². The summed E-state index contributed by atoms with van der Waals surface area (Å²) in [6.07, 6.45) is 2.73. The molecular weight excluding hydrogens is 272 g/mol. The van der Waals surface area contributed by atoms with Gasteiger partial charge < -0.3 is 9.30 Å². The van der Waals surface area contributed by atoms with Crippen molar-refractivity contribution in [2.75, 3.05) is 7.11 Å². The quantitative estimate of drug-likeness (QED) is 0.764. The maximum Gasteiger partial charge on any atom is 0.127 e. The lowest BCUT2D eigenvalue weighted by Crippen LogP contribution is -2.12. The van der Waals surface area contributed by atoms with E-state index in [1.54, 1.807) is 7.11 Å². The monoisotopic (exact) mass is 292 g/mol. The number of nitrogens with zero attached hydrogens (tertiary/aromatic N) is 2. The zero-order valence-corrected chi connectivity index (χ0v) is 13.0. The number of halogens is 1. The van der Waals surface area contributed by atoms with E-state index < -0.39 is 0 Å². The summed E-state index contributed by atoms with van der Waals surface area (Å²) in [7, 11) is 1.69. The number of benzene rings is 1. The first-order valence-corrected chi connectivity index (χ1v) is 7.72. The number of hydrogen-bond acceptors (Lipinski definition) is 2. The molecule has 0 saturated heterocycles. The maximum absolute atomic E-state index is 6.32. The molecule has 3 nitrogen and oxygen atoms in total. The Morgan fingerprint density at radius 2 is 2.15 bits per heavy atom. The summed E-state index contributed by atoms with van der Waals surface area (Å²) in [5, 5.41) is -0.0835. The first kappa shape index (κ1) is 13.7. The van der Waals surface area contributed by atoms with E-state index in [4.69, 9.17) is 21.3 Å². The molecule has 4 heteroatoms. The van der Waals surface area contributed by atoms with Crippen molar-refractivity contribution >= 4 is 22.6 Å². The van der Waals surface area contributed by atoms with Crippen LogP contribution in [0.15, 0.2) is 18.2 Å². The number of aromatic nitrogens is 2. The number of ether oxygens (including phenoxy) is 1. The molecule has 0 amide bonds. The predicted molar refractivity (Wildman–Crippen MR) is 82.4 cm³/mol. The van der Waals surface area contributed by atoms with E-state index in [0.717, 1.165) is 35.1 Å². The highest BCUT2D eigenvalue weighted by atomic mass is 35.5. The van der Waals surface area contributed by atoms with Gasteiger partial charge in [-0.25, -0.2) is 4.98 Å². The minimum atomic E-state index is -0.0835. The van der Waals surface area contributed by atoms with Crippen molar-refractivity contribution in [3.05, 3.63) is 24.0 Å². The number of hydrogen-bond donors (Lipinski definition) is 0. The molecule has 0 N–H and O–H groups in total. The average molecular weight is 293 g/mol. The normalized spacial score (nSPS) is 18.2. The molecule has 1 aromatic carbocycles. The molecule has 1 aliphatic carbocycles. The highest BCUT2D eigenvalue weighted by molar-refractivity contribution is 6.20. The fourth-order valence-corrected chi connectivity index (χ4v) is 3.01. The second-order valence-electron chi connectivity index (χ2n) is 5.87. The third kappa shape index (κ3) is 2.51. The van der Waals surface area contributed by atoms with Gasteiger partial charge in [-0.05, 0) is 43.7 Å². The van der Waals surface area contributed by atoms with Crippen molar-refractivity contribution in [1.82, 2.24) is 9.55 Å². The van der Waals surface area contributed by atoms with Gasteiger partial charge in [-0.15, -0.1) is 11.6 Å². The number of alkyl halides is 1. The SMILES string of the molecule is COc1ccc2nc(C(C)Cl)n(CC(C)C3CC3)c2c1. The van der Waals surface area contributed by atoms with Gasteiger partial charge in [0.25, 0.3) is 0 Å². The molecule has 1 aromatic heterocycles. The van der Waals surface area contributed by atoms with Gasteiger partial charge in [-0.3, -0.25) is 0 Å². The lowest BCUT2D eigenvalue weighted by molar-refractivity contribution is 0.413. The topological polar surface area (TPSA) is 27.1 Å². The third-order valence-corrected chi connectivity index (χ3v) is 4.43. The fourth-order valence-electron chi connectivity index (χ4n) is 2.85. The Morgan fingerprint density at radius 3 is 2.75 bits per heavy atom. The third-order valence-electron chi connectivity index (χ3n) is 4.24. The van der Waals surface area contributed by atoms with Crippen LogP contribution in [0.3, 0.4) is 0 Å². The van der Waals surface area contributed by atoms with Crippen LogP contribution in [0.25, 0.3) is 11.0 Å². The molecule has 1 aliphatic rings. The zero-order valence-electron chi connectivity index (χ0n) is 12.3. The smallest absolute Gasteiger partial charge is 0.127 e. The lowest BCUT2D eigenvalue weighted by atomic mass is 10.1. The van der Waals surface area contributed by atoms with Crippen molar-refractivity contribution in [3.8, 4) is 5.75 Å². The van der Waals surface area contributed by atoms with Crippen LogP contribution < -0.4 is 4.74 Å². The molecule has 2 unspecified atom stereocenters. The van der Waals surface area contributed by atoms with Crippen LogP contribution in [-0.4, -0.2) is 16.7 Å². The Balaban J connectivity index is 2.05. The molecule has 108 valence electrons. The van der Waals surface area contributed by atoms with Crippen molar-refractivity contribution in [1.29, 1.82) is 0 Å². The van der Waals surface area contributed by atoms with Crippen molar-refractivity contribution < 1.29 is 4.74 Å². The summed E-state index contributed by atoms with van der Waals surface area (Å²) in [5.74, 6) is 3.37. The standard InChI is InChI=1S/C16H21ClN2O/c1-10(12-4-5-12)9-19-15-8-13(20-3)6-7-14(15)18-16(19)11(2)17/h6-8,10-12H,4-5,9H2,1-3H3. The molecule has 3 rings (SSSR count). The van der Waals surface area contributed by atoms with Crippen LogP contribution in [0.5, 0.6) is 5.75 Å². The lowest BCUT2D eigenvalue weighted by Gasteiger charge is -2.16. The summed E-state index contributed by atoms with van der Waals surface area (Å²) in [4.78, 5) is 4.70. The Morgan fingerprint density at radius 1 is 1.40 bits per heavy atom. The highest BCUT2D eigenvalue weighted by Gasteiger charge is 2.29. The fraction of sp³-hybridized carbons (Fsp3) is 0.562. The zero-order chi connectivity index (χ0) is 14.3. The van der Waals surface area contributed by atoms with Crippen LogP contribution in [0.4, 0.5) is 0 Å². The van der Waals surface area contributed by atoms with Crippen LogP contribution >= 0.6 is 11.6 Å². The molecular formula is C16H21ClN2O. The molecule has 1 saturated carbocycles. The van der Waals surface area contributed by atoms with E-state index >= 15 is 0 Å². The van der Waals surface area contributed by atoms with E-state index in [2.05, 4.69) is 17.6 Å². The van der Waals surface area contributed by atoms with Gasteiger partial charge in [0.05, 0.1) is 23.5 Å². The van der Waals surface area contributed by atoms with Gasteiger partial charge in [0, 0.05) is 12.6 Å². The molecule has 1 fully saturated rings. The molecule has 2 aromatic rings. The average Bonchev–Trinajstić information content (AvgIpc) is 3.22. The summed E-state index contributed by atoms with van der Waals surface area (Å²) in [5.41, 5.74) is 2.12. The van der Waals surface area contributed by atoms with Crippen LogP contribution in [0.1, 0.15) is 37.9 Å². The van der Waals surface area contributed by atoms with Gasteiger partial charge >= 0.3 is 0 Å². The molecule has 0 spiro atoms.